The minimum absolute atomic E-state index is 0.0848. The smallest absolute Gasteiger partial charge is 0.245 e. The lowest BCUT2D eigenvalue weighted by Crippen LogP contribution is -2.57. The van der Waals surface area contributed by atoms with Crippen LogP contribution in [0.15, 0.2) is 24.5 Å². The number of nitrogens with one attached hydrogen (secondary N) is 1. The third-order valence-electron chi connectivity index (χ3n) is 5.97. The summed E-state index contributed by atoms with van der Waals surface area (Å²) < 4.78 is 6.16. The van der Waals surface area contributed by atoms with Gasteiger partial charge in [0, 0.05) is 24.9 Å². The Bertz CT molecular complexity index is 666. The lowest BCUT2D eigenvalue weighted by atomic mass is 9.83. The predicted octanol–water partition coefficient (Wildman–Crippen LogP) is 2.24. The Hall–Kier alpha value is -1.95. The molecule has 2 heterocycles. The summed E-state index contributed by atoms with van der Waals surface area (Å²) >= 11 is 0. The number of aromatic nitrogens is 1. The van der Waals surface area contributed by atoms with Crippen molar-refractivity contribution in [1.29, 1.82) is 0 Å². The largest absolute Gasteiger partial charge is 0.353 e. The summed E-state index contributed by atoms with van der Waals surface area (Å²) in [4.78, 5) is 31.8. The number of hydrogen-bond donors (Lipinski definition) is 1. The number of carbonyl (C=O) groups is 2. The molecule has 3 aliphatic rings. The van der Waals surface area contributed by atoms with E-state index in [0.717, 1.165) is 44.1 Å². The van der Waals surface area contributed by atoms with Gasteiger partial charge in [-0.05, 0) is 56.1 Å². The van der Waals surface area contributed by atoms with Crippen LogP contribution < -0.4 is 5.32 Å². The fourth-order valence-corrected chi connectivity index (χ4v) is 4.14. The summed E-state index contributed by atoms with van der Waals surface area (Å²) in [6.07, 6.45) is 9.06. The predicted molar refractivity (Wildman–Crippen MR) is 95.8 cm³/mol. The van der Waals surface area contributed by atoms with E-state index in [-0.39, 0.29) is 17.7 Å². The molecular weight excluding hydrogens is 330 g/mol. The Morgan fingerprint density at radius 1 is 1.31 bits per heavy atom. The fraction of sp³-hybridized carbons (Fsp3) is 0.650. The standard InChI is InChI=1S/C20H27N3O3/c1-14-6-8-20(9-7-14)23(19(25)16-4-5-16)17(13-26-20)18(24)22-12-15-3-2-10-21-11-15/h2-3,10-11,14,16-17H,4-9,12-13H2,1H3,(H,22,24). The van der Waals surface area contributed by atoms with E-state index in [0.29, 0.717) is 19.1 Å². The van der Waals surface area contributed by atoms with Crippen molar-refractivity contribution >= 4 is 11.8 Å². The molecule has 1 N–H and O–H groups in total. The highest BCUT2D eigenvalue weighted by atomic mass is 16.5. The third kappa shape index (κ3) is 3.34. The number of carbonyl (C=O) groups excluding carboxylic acids is 2. The molecule has 2 amide bonds. The number of rotatable bonds is 4. The molecule has 0 bridgehead atoms. The van der Waals surface area contributed by atoms with Gasteiger partial charge in [0.25, 0.3) is 0 Å². The highest BCUT2D eigenvalue weighted by molar-refractivity contribution is 5.90. The van der Waals surface area contributed by atoms with Gasteiger partial charge in [0.1, 0.15) is 11.8 Å². The second-order valence-corrected chi connectivity index (χ2v) is 8.02. The topological polar surface area (TPSA) is 71.5 Å². The van der Waals surface area contributed by atoms with Crippen molar-refractivity contribution in [1.82, 2.24) is 15.2 Å². The molecule has 2 saturated carbocycles. The molecule has 0 aromatic carbocycles. The summed E-state index contributed by atoms with van der Waals surface area (Å²) in [5.74, 6) is 0.721. The molecule has 4 rings (SSSR count). The maximum atomic E-state index is 13.0. The lowest BCUT2D eigenvalue weighted by molar-refractivity contribution is -0.162. The van der Waals surface area contributed by atoms with Gasteiger partial charge in [0.2, 0.25) is 11.8 Å². The Morgan fingerprint density at radius 3 is 2.73 bits per heavy atom. The highest BCUT2D eigenvalue weighted by Gasteiger charge is 2.55. The molecule has 26 heavy (non-hydrogen) atoms. The first-order valence-electron chi connectivity index (χ1n) is 9.73. The minimum atomic E-state index is -0.567. The van der Waals surface area contributed by atoms with E-state index < -0.39 is 11.8 Å². The second-order valence-electron chi connectivity index (χ2n) is 8.02. The summed E-state index contributed by atoms with van der Waals surface area (Å²) in [7, 11) is 0. The number of ether oxygens (including phenoxy) is 1. The van der Waals surface area contributed by atoms with E-state index >= 15 is 0 Å². The van der Waals surface area contributed by atoms with Crippen LogP contribution in [-0.4, -0.2) is 40.1 Å². The molecule has 3 fully saturated rings. The van der Waals surface area contributed by atoms with Crippen molar-refractivity contribution in [2.75, 3.05) is 6.61 Å². The average Bonchev–Trinajstić information content (AvgIpc) is 3.45. The van der Waals surface area contributed by atoms with E-state index in [2.05, 4.69) is 17.2 Å². The van der Waals surface area contributed by atoms with Gasteiger partial charge in [-0.2, -0.15) is 0 Å². The van der Waals surface area contributed by atoms with E-state index in [1.165, 1.54) is 0 Å². The van der Waals surface area contributed by atoms with Crippen LogP contribution in [0, 0.1) is 11.8 Å². The SMILES string of the molecule is CC1CCC2(CC1)OCC(C(=O)NCc1cccnc1)N2C(=O)C1CC1. The molecule has 1 atom stereocenters. The van der Waals surface area contributed by atoms with E-state index in [4.69, 9.17) is 4.74 Å². The monoisotopic (exact) mass is 357 g/mol. The quantitative estimate of drug-likeness (QED) is 0.897. The van der Waals surface area contributed by atoms with Crippen LogP contribution in [0.2, 0.25) is 0 Å². The lowest BCUT2D eigenvalue weighted by Gasteiger charge is -2.43. The van der Waals surface area contributed by atoms with Crippen molar-refractivity contribution in [2.45, 2.75) is 63.8 Å². The summed E-state index contributed by atoms with van der Waals surface area (Å²) in [6, 6.07) is 3.25. The Kier molecular flexibility index (Phi) is 4.69. The molecule has 1 spiro atoms. The molecule has 1 aliphatic heterocycles. The van der Waals surface area contributed by atoms with Gasteiger partial charge in [0.05, 0.1) is 6.61 Å². The van der Waals surface area contributed by atoms with Gasteiger partial charge >= 0.3 is 0 Å². The third-order valence-corrected chi connectivity index (χ3v) is 5.97. The molecule has 0 radical (unpaired) electrons. The van der Waals surface area contributed by atoms with E-state index in [1.54, 1.807) is 12.4 Å². The first-order chi connectivity index (χ1) is 12.6. The van der Waals surface area contributed by atoms with Crippen molar-refractivity contribution in [3.8, 4) is 0 Å². The van der Waals surface area contributed by atoms with E-state index in [9.17, 15) is 9.59 Å². The maximum absolute atomic E-state index is 13.0. The molecular formula is C20H27N3O3. The van der Waals surface area contributed by atoms with Crippen LogP contribution in [0.3, 0.4) is 0 Å². The Labute approximate surface area is 154 Å². The van der Waals surface area contributed by atoms with E-state index in [1.807, 2.05) is 17.0 Å². The Balaban J connectivity index is 1.49. The summed E-state index contributed by atoms with van der Waals surface area (Å²) in [5.41, 5.74) is 0.378. The number of pyridine rings is 1. The van der Waals surface area contributed by atoms with Gasteiger partial charge in [-0.1, -0.05) is 13.0 Å². The van der Waals surface area contributed by atoms with Gasteiger partial charge in [-0.15, -0.1) is 0 Å². The minimum Gasteiger partial charge on any atom is -0.353 e. The van der Waals surface area contributed by atoms with Crippen molar-refractivity contribution in [3.63, 3.8) is 0 Å². The van der Waals surface area contributed by atoms with Gasteiger partial charge in [0.15, 0.2) is 0 Å². The zero-order chi connectivity index (χ0) is 18.1. The van der Waals surface area contributed by atoms with Crippen LogP contribution in [0.25, 0.3) is 0 Å². The van der Waals surface area contributed by atoms with Gasteiger partial charge in [-0.3, -0.25) is 19.5 Å². The molecule has 1 aromatic heterocycles. The molecule has 140 valence electrons. The van der Waals surface area contributed by atoms with Crippen LogP contribution in [-0.2, 0) is 20.9 Å². The number of amides is 2. The van der Waals surface area contributed by atoms with Crippen molar-refractivity contribution < 1.29 is 14.3 Å². The normalized spacial score (nSPS) is 31.2. The molecule has 2 aliphatic carbocycles. The highest BCUT2D eigenvalue weighted by Crippen LogP contribution is 2.45. The second kappa shape index (κ2) is 6.99. The van der Waals surface area contributed by atoms with Crippen LogP contribution >= 0.6 is 0 Å². The first kappa shape index (κ1) is 17.5. The van der Waals surface area contributed by atoms with Crippen LogP contribution in [0.1, 0.15) is 51.0 Å². The van der Waals surface area contributed by atoms with Crippen molar-refractivity contribution in [2.24, 2.45) is 11.8 Å². The molecule has 1 saturated heterocycles. The first-order valence-corrected chi connectivity index (χ1v) is 9.73. The van der Waals surface area contributed by atoms with Crippen LogP contribution in [0.5, 0.6) is 0 Å². The summed E-state index contributed by atoms with van der Waals surface area (Å²) in [6.45, 7) is 2.96. The molecule has 1 unspecified atom stereocenters. The summed E-state index contributed by atoms with van der Waals surface area (Å²) in [5, 5.41) is 2.96. The zero-order valence-corrected chi connectivity index (χ0v) is 15.3. The Morgan fingerprint density at radius 2 is 2.08 bits per heavy atom. The molecule has 6 nitrogen and oxygen atoms in total. The van der Waals surface area contributed by atoms with Gasteiger partial charge in [-0.25, -0.2) is 0 Å². The van der Waals surface area contributed by atoms with Crippen LogP contribution in [0.4, 0.5) is 0 Å². The van der Waals surface area contributed by atoms with Crippen molar-refractivity contribution in [3.05, 3.63) is 30.1 Å². The molecule has 6 heteroatoms. The number of nitrogens with zero attached hydrogens (tertiary/aromatic N) is 2. The molecule has 1 aromatic rings. The number of hydrogen-bond acceptors (Lipinski definition) is 4. The fourth-order valence-electron chi connectivity index (χ4n) is 4.14. The zero-order valence-electron chi connectivity index (χ0n) is 15.3. The maximum Gasteiger partial charge on any atom is 0.245 e. The average molecular weight is 357 g/mol. The van der Waals surface area contributed by atoms with Gasteiger partial charge < -0.3 is 10.1 Å².